The van der Waals surface area contributed by atoms with Gasteiger partial charge in [-0.2, -0.15) is 11.8 Å². The van der Waals surface area contributed by atoms with Crippen LogP contribution in [0.5, 0.6) is 5.88 Å². The van der Waals surface area contributed by atoms with Crippen molar-refractivity contribution in [2.75, 3.05) is 23.9 Å². The van der Waals surface area contributed by atoms with Crippen molar-refractivity contribution in [3.05, 3.63) is 53.7 Å². The van der Waals surface area contributed by atoms with Gasteiger partial charge in [-0.15, -0.1) is 0 Å². The van der Waals surface area contributed by atoms with E-state index >= 15 is 0 Å². The number of pyridine rings is 1. The Hall–Kier alpha value is -2.54. The van der Waals surface area contributed by atoms with Crippen LogP contribution in [-0.4, -0.2) is 41.6 Å². The number of amides is 1. The van der Waals surface area contributed by atoms with Gasteiger partial charge in [-0.1, -0.05) is 0 Å². The molecule has 1 saturated heterocycles. The monoisotopic (exact) mass is 358 g/mol. The lowest BCUT2D eigenvalue weighted by Crippen LogP contribution is -2.20. The Kier molecular flexibility index (Phi) is 5.55. The first kappa shape index (κ1) is 17.3. The van der Waals surface area contributed by atoms with E-state index in [1.54, 1.807) is 42.6 Å². The molecule has 1 aliphatic heterocycles. The van der Waals surface area contributed by atoms with Crippen LogP contribution >= 0.6 is 11.8 Å². The molecule has 1 aromatic carbocycles. The molecule has 6 nitrogen and oxygen atoms in total. The lowest BCUT2D eigenvalue weighted by Gasteiger charge is -2.14. The van der Waals surface area contributed by atoms with Crippen LogP contribution in [-0.2, 0) is 4.74 Å². The average Bonchev–Trinajstić information content (AvgIpc) is 3.15. The number of methoxy groups -OCH3 is 1. The molecule has 2 heterocycles. The molecule has 0 saturated carbocycles. The molecule has 1 unspecified atom stereocenters. The summed E-state index contributed by atoms with van der Waals surface area (Å²) in [6, 6.07) is 9.87. The number of thioether (sulfide) groups is 1. The number of carbonyl (C=O) groups excluding carboxylic acids is 2. The zero-order valence-electron chi connectivity index (χ0n) is 13.7. The largest absolute Gasteiger partial charge is 0.473 e. The molecule has 7 heteroatoms. The van der Waals surface area contributed by atoms with E-state index in [0.717, 1.165) is 17.9 Å². The summed E-state index contributed by atoms with van der Waals surface area (Å²) in [5.74, 6) is 1.59. The van der Waals surface area contributed by atoms with Gasteiger partial charge in [0.1, 0.15) is 11.7 Å². The summed E-state index contributed by atoms with van der Waals surface area (Å²) in [6.45, 7) is 0. The second kappa shape index (κ2) is 8.02. The van der Waals surface area contributed by atoms with E-state index < -0.39 is 5.97 Å². The number of hydrogen-bond acceptors (Lipinski definition) is 6. The van der Waals surface area contributed by atoms with Gasteiger partial charge in [0.05, 0.1) is 12.7 Å². The SMILES string of the molecule is COC(=O)c1ccc(NC(=O)c2cccnc2OC2CCSC2)cc1. The summed E-state index contributed by atoms with van der Waals surface area (Å²) >= 11 is 1.83. The molecule has 0 bridgehead atoms. The fourth-order valence-corrected chi connectivity index (χ4v) is 3.52. The molecule has 1 amide bonds. The van der Waals surface area contributed by atoms with E-state index in [1.165, 1.54) is 7.11 Å². The molecule has 2 aromatic rings. The Bertz CT molecular complexity index is 758. The first-order chi connectivity index (χ1) is 12.2. The lowest BCUT2D eigenvalue weighted by atomic mass is 10.2. The molecule has 1 aromatic heterocycles. The minimum Gasteiger partial charge on any atom is -0.473 e. The van der Waals surface area contributed by atoms with Crippen molar-refractivity contribution >= 4 is 29.3 Å². The molecular formula is C18H18N2O4S. The molecule has 1 fully saturated rings. The van der Waals surface area contributed by atoms with E-state index in [2.05, 4.69) is 15.0 Å². The van der Waals surface area contributed by atoms with Crippen LogP contribution in [0.3, 0.4) is 0 Å². The molecule has 0 radical (unpaired) electrons. The van der Waals surface area contributed by atoms with E-state index in [-0.39, 0.29) is 12.0 Å². The van der Waals surface area contributed by atoms with Crippen LogP contribution in [0.25, 0.3) is 0 Å². The number of aromatic nitrogens is 1. The molecule has 1 aliphatic rings. The third-order valence-electron chi connectivity index (χ3n) is 3.75. The number of benzene rings is 1. The third-order valence-corrected chi connectivity index (χ3v) is 4.88. The van der Waals surface area contributed by atoms with Gasteiger partial charge in [-0.25, -0.2) is 9.78 Å². The minimum absolute atomic E-state index is 0.0887. The predicted molar refractivity (Wildman–Crippen MR) is 96.3 cm³/mol. The maximum atomic E-state index is 12.6. The van der Waals surface area contributed by atoms with Gasteiger partial charge >= 0.3 is 5.97 Å². The Morgan fingerprint density at radius 3 is 2.72 bits per heavy atom. The molecule has 0 spiro atoms. The summed E-state index contributed by atoms with van der Waals surface area (Å²) in [5, 5.41) is 2.79. The van der Waals surface area contributed by atoms with Crippen LogP contribution in [0.1, 0.15) is 27.1 Å². The summed E-state index contributed by atoms with van der Waals surface area (Å²) in [5.41, 5.74) is 1.38. The van der Waals surface area contributed by atoms with Crippen LogP contribution < -0.4 is 10.1 Å². The van der Waals surface area contributed by atoms with Crippen molar-refractivity contribution in [2.45, 2.75) is 12.5 Å². The van der Waals surface area contributed by atoms with Crippen LogP contribution in [0.15, 0.2) is 42.6 Å². The first-order valence-electron chi connectivity index (χ1n) is 7.86. The predicted octanol–water partition coefficient (Wildman–Crippen LogP) is 3.00. The van der Waals surface area contributed by atoms with Crippen LogP contribution in [0.2, 0.25) is 0 Å². The topological polar surface area (TPSA) is 77.5 Å². The summed E-state index contributed by atoms with van der Waals surface area (Å²) in [4.78, 5) is 28.2. The van der Waals surface area contributed by atoms with Gasteiger partial charge in [-0.05, 0) is 48.6 Å². The average molecular weight is 358 g/mol. The molecular weight excluding hydrogens is 340 g/mol. The highest BCUT2D eigenvalue weighted by molar-refractivity contribution is 7.99. The van der Waals surface area contributed by atoms with Crippen molar-refractivity contribution in [3.8, 4) is 5.88 Å². The van der Waals surface area contributed by atoms with E-state index in [4.69, 9.17) is 4.74 Å². The molecule has 1 N–H and O–H groups in total. The van der Waals surface area contributed by atoms with E-state index in [1.807, 2.05) is 11.8 Å². The normalized spacial score (nSPS) is 16.3. The van der Waals surface area contributed by atoms with Gasteiger partial charge in [0.25, 0.3) is 5.91 Å². The zero-order chi connectivity index (χ0) is 17.6. The molecule has 3 rings (SSSR count). The van der Waals surface area contributed by atoms with Crippen molar-refractivity contribution in [1.29, 1.82) is 0 Å². The quantitative estimate of drug-likeness (QED) is 0.828. The number of carbonyl (C=O) groups is 2. The minimum atomic E-state index is -0.421. The smallest absolute Gasteiger partial charge is 0.337 e. The second-order valence-electron chi connectivity index (χ2n) is 5.48. The number of rotatable bonds is 5. The number of hydrogen-bond donors (Lipinski definition) is 1. The second-order valence-corrected chi connectivity index (χ2v) is 6.63. The number of esters is 1. The highest BCUT2D eigenvalue weighted by Crippen LogP contribution is 2.24. The van der Waals surface area contributed by atoms with Gasteiger partial charge in [0.2, 0.25) is 5.88 Å². The van der Waals surface area contributed by atoms with Crippen LogP contribution in [0.4, 0.5) is 5.69 Å². The van der Waals surface area contributed by atoms with Gasteiger partial charge < -0.3 is 14.8 Å². The van der Waals surface area contributed by atoms with Gasteiger partial charge in [-0.3, -0.25) is 4.79 Å². The number of nitrogens with one attached hydrogen (secondary N) is 1. The van der Waals surface area contributed by atoms with E-state index in [0.29, 0.717) is 22.7 Å². The molecule has 0 aliphatic carbocycles. The zero-order valence-corrected chi connectivity index (χ0v) is 14.5. The van der Waals surface area contributed by atoms with Crippen molar-refractivity contribution in [3.63, 3.8) is 0 Å². The number of ether oxygens (including phenoxy) is 2. The molecule has 1 atom stereocenters. The van der Waals surface area contributed by atoms with Gasteiger partial charge in [0, 0.05) is 17.6 Å². The summed E-state index contributed by atoms with van der Waals surface area (Å²) in [7, 11) is 1.32. The highest BCUT2D eigenvalue weighted by Gasteiger charge is 2.21. The van der Waals surface area contributed by atoms with Crippen molar-refractivity contribution in [1.82, 2.24) is 4.98 Å². The number of anilines is 1. The maximum absolute atomic E-state index is 12.6. The van der Waals surface area contributed by atoms with E-state index in [9.17, 15) is 9.59 Å². The maximum Gasteiger partial charge on any atom is 0.337 e. The Labute approximate surface area is 149 Å². The lowest BCUT2D eigenvalue weighted by molar-refractivity contribution is 0.0600. The third kappa shape index (κ3) is 4.30. The Balaban J connectivity index is 1.71. The fraction of sp³-hybridized carbons (Fsp3) is 0.278. The molecule has 25 heavy (non-hydrogen) atoms. The highest BCUT2D eigenvalue weighted by atomic mass is 32.2. The number of nitrogens with zero attached hydrogens (tertiary/aromatic N) is 1. The van der Waals surface area contributed by atoms with Crippen LogP contribution in [0, 0.1) is 0 Å². The fourth-order valence-electron chi connectivity index (χ4n) is 2.43. The summed E-state index contributed by atoms with van der Waals surface area (Å²) in [6.07, 6.45) is 2.65. The Morgan fingerprint density at radius 1 is 1.24 bits per heavy atom. The van der Waals surface area contributed by atoms with Crippen molar-refractivity contribution < 1.29 is 19.1 Å². The first-order valence-corrected chi connectivity index (χ1v) is 9.02. The Morgan fingerprint density at radius 2 is 2.04 bits per heavy atom. The van der Waals surface area contributed by atoms with Gasteiger partial charge in [0.15, 0.2) is 0 Å². The molecule has 130 valence electrons. The standard InChI is InChI=1S/C18H18N2O4S/c1-23-18(22)12-4-6-13(7-5-12)20-16(21)15-3-2-9-19-17(15)24-14-8-10-25-11-14/h2-7,9,14H,8,10-11H2,1H3,(H,20,21). The summed E-state index contributed by atoms with van der Waals surface area (Å²) < 4.78 is 10.5. The van der Waals surface area contributed by atoms with Crippen molar-refractivity contribution in [2.24, 2.45) is 0 Å².